The number of fused-ring (bicyclic) bond motifs is 1. The molecule has 0 unspecified atom stereocenters. The predicted molar refractivity (Wildman–Crippen MR) is 88.0 cm³/mol. The molecule has 3 aromatic heterocycles. The summed E-state index contributed by atoms with van der Waals surface area (Å²) < 4.78 is 7.10. The van der Waals surface area contributed by atoms with Crippen LogP contribution in [0.15, 0.2) is 16.7 Å². The third-order valence-electron chi connectivity index (χ3n) is 4.10. The Bertz CT molecular complexity index is 834. The Kier molecular flexibility index (Phi) is 3.87. The molecule has 3 heterocycles. The maximum Gasteiger partial charge on any atom is 0.226 e. The van der Waals surface area contributed by atoms with Crippen molar-refractivity contribution in [2.75, 3.05) is 11.9 Å². The van der Waals surface area contributed by atoms with Crippen molar-refractivity contribution < 1.29 is 4.52 Å². The van der Waals surface area contributed by atoms with Crippen LogP contribution in [0.2, 0.25) is 0 Å². The largest absolute Gasteiger partial charge is 0.369 e. The van der Waals surface area contributed by atoms with E-state index >= 15 is 0 Å². The lowest BCUT2D eigenvalue weighted by Crippen LogP contribution is -2.07. The fourth-order valence-electron chi connectivity index (χ4n) is 2.56. The number of rotatable bonds is 7. The molecule has 1 aliphatic rings. The van der Waals surface area contributed by atoms with Crippen molar-refractivity contribution in [3.05, 3.63) is 29.7 Å². The van der Waals surface area contributed by atoms with Crippen LogP contribution >= 0.6 is 0 Å². The van der Waals surface area contributed by atoms with Crippen molar-refractivity contribution in [2.45, 2.75) is 51.4 Å². The number of nitrogens with zero attached hydrogens (tertiary/aromatic N) is 6. The van der Waals surface area contributed by atoms with Gasteiger partial charge in [-0.15, -0.1) is 15.3 Å². The summed E-state index contributed by atoms with van der Waals surface area (Å²) in [7, 11) is 0. The Morgan fingerprint density at radius 2 is 2.17 bits per heavy atom. The first-order chi connectivity index (χ1) is 11.7. The molecule has 3 aromatic rings. The van der Waals surface area contributed by atoms with Crippen LogP contribution in [0, 0.1) is 0 Å². The van der Waals surface area contributed by atoms with Crippen LogP contribution in [0.4, 0.5) is 5.82 Å². The standard InChI is InChI=1S/C16H21N7O/c1-10(2)15-18-14(24-22-15)4-3-9-17-12-7-8-13-19-20-16(11-5-6-11)23(13)21-12/h7-8,10-11H,3-6,9H2,1-2H3,(H,17,21). The molecule has 126 valence electrons. The Hall–Kier alpha value is -2.51. The normalized spacial score (nSPS) is 14.6. The van der Waals surface area contributed by atoms with Gasteiger partial charge in [0.2, 0.25) is 5.89 Å². The van der Waals surface area contributed by atoms with Crippen molar-refractivity contribution in [2.24, 2.45) is 0 Å². The van der Waals surface area contributed by atoms with Crippen molar-refractivity contribution in [3.8, 4) is 0 Å². The summed E-state index contributed by atoms with van der Waals surface area (Å²) in [6, 6.07) is 3.88. The van der Waals surface area contributed by atoms with Gasteiger partial charge in [0.25, 0.3) is 0 Å². The van der Waals surface area contributed by atoms with E-state index in [0.29, 0.717) is 17.7 Å². The van der Waals surface area contributed by atoms with E-state index in [4.69, 9.17) is 4.52 Å². The number of hydrogen-bond donors (Lipinski definition) is 1. The van der Waals surface area contributed by atoms with E-state index in [2.05, 4.69) is 44.6 Å². The molecule has 0 aliphatic heterocycles. The molecule has 0 bridgehead atoms. The number of aromatic nitrogens is 6. The van der Waals surface area contributed by atoms with Gasteiger partial charge < -0.3 is 9.84 Å². The first-order valence-electron chi connectivity index (χ1n) is 8.49. The topological polar surface area (TPSA) is 94.0 Å². The molecule has 0 aromatic carbocycles. The summed E-state index contributed by atoms with van der Waals surface area (Å²) >= 11 is 0. The van der Waals surface area contributed by atoms with E-state index in [1.165, 1.54) is 12.8 Å². The van der Waals surface area contributed by atoms with Crippen molar-refractivity contribution in [3.63, 3.8) is 0 Å². The Morgan fingerprint density at radius 3 is 2.92 bits per heavy atom. The van der Waals surface area contributed by atoms with Crippen LogP contribution in [0.5, 0.6) is 0 Å². The molecule has 0 spiro atoms. The van der Waals surface area contributed by atoms with Crippen molar-refractivity contribution in [1.82, 2.24) is 30.0 Å². The summed E-state index contributed by atoms with van der Waals surface area (Å²) in [5, 5.41) is 20.3. The van der Waals surface area contributed by atoms with E-state index in [1.807, 2.05) is 16.6 Å². The second kappa shape index (κ2) is 6.18. The predicted octanol–water partition coefficient (Wildman–Crippen LogP) is 2.55. The number of anilines is 1. The lowest BCUT2D eigenvalue weighted by molar-refractivity contribution is 0.369. The highest BCUT2D eigenvalue weighted by Gasteiger charge is 2.29. The van der Waals surface area contributed by atoms with Crippen molar-refractivity contribution >= 4 is 11.5 Å². The Labute approximate surface area is 139 Å². The molecule has 1 fully saturated rings. The summed E-state index contributed by atoms with van der Waals surface area (Å²) in [4.78, 5) is 4.38. The van der Waals surface area contributed by atoms with Gasteiger partial charge in [0.1, 0.15) is 5.82 Å². The zero-order valence-corrected chi connectivity index (χ0v) is 13.9. The van der Waals surface area contributed by atoms with Crippen LogP contribution in [0.1, 0.15) is 62.5 Å². The smallest absolute Gasteiger partial charge is 0.226 e. The van der Waals surface area contributed by atoms with Gasteiger partial charge in [-0.2, -0.15) is 9.50 Å². The van der Waals surface area contributed by atoms with Crippen LogP contribution in [0.25, 0.3) is 5.65 Å². The lowest BCUT2D eigenvalue weighted by atomic mass is 10.2. The van der Waals surface area contributed by atoms with Crippen LogP contribution in [-0.4, -0.2) is 36.5 Å². The third kappa shape index (κ3) is 3.08. The molecule has 8 nitrogen and oxygen atoms in total. The number of aryl methyl sites for hydroxylation is 1. The highest BCUT2D eigenvalue weighted by Crippen LogP contribution is 2.38. The number of hydrogen-bond acceptors (Lipinski definition) is 7. The minimum atomic E-state index is 0.293. The summed E-state index contributed by atoms with van der Waals surface area (Å²) in [6.45, 7) is 4.90. The molecule has 24 heavy (non-hydrogen) atoms. The molecule has 4 rings (SSSR count). The minimum Gasteiger partial charge on any atom is -0.369 e. The summed E-state index contributed by atoms with van der Waals surface area (Å²) in [5.41, 5.74) is 0.800. The fraction of sp³-hybridized carbons (Fsp3) is 0.562. The van der Waals surface area contributed by atoms with Gasteiger partial charge in [0.15, 0.2) is 17.3 Å². The first kappa shape index (κ1) is 15.0. The van der Waals surface area contributed by atoms with E-state index in [0.717, 1.165) is 42.5 Å². The van der Waals surface area contributed by atoms with Crippen LogP contribution < -0.4 is 5.32 Å². The average Bonchev–Trinajstić information content (AvgIpc) is 3.15. The number of nitrogens with one attached hydrogen (secondary N) is 1. The molecule has 1 aliphatic carbocycles. The zero-order chi connectivity index (χ0) is 16.5. The third-order valence-corrected chi connectivity index (χ3v) is 4.10. The van der Waals surface area contributed by atoms with Gasteiger partial charge >= 0.3 is 0 Å². The van der Waals surface area contributed by atoms with Gasteiger partial charge in [0.05, 0.1) is 0 Å². The van der Waals surface area contributed by atoms with E-state index < -0.39 is 0 Å². The van der Waals surface area contributed by atoms with Gasteiger partial charge in [-0.05, 0) is 31.4 Å². The van der Waals surface area contributed by atoms with E-state index in [-0.39, 0.29) is 0 Å². The maximum atomic E-state index is 5.25. The zero-order valence-electron chi connectivity index (χ0n) is 13.9. The second-order valence-corrected chi connectivity index (χ2v) is 6.55. The summed E-state index contributed by atoms with van der Waals surface area (Å²) in [5.74, 6) is 4.08. The molecule has 0 atom stereocenters. The molecule has 0 saturated heterocycles. The van der Waals surface area contributed by atoms with Crippen LogP contribution in [-0.2, 0) is 6.42 Å². The SMILES string of the molecule is CC(C)c1noc(CCCNc2ccc3nnc(C4CC4)n3n2)n1. The quantitative estimate of drug-likeness (QED) is 0.666. The molecule has 1 N–H and O–H groups in total. The summed E-state index contributed by atoms with van der Waals surface area (Å²) in [6.07, 6.45) is 4.03. The first-order valence-corrected chi connectivity index (χ1v) is 8.49. The molecule has 0 radical (unpaired) electrons. The van der Waals surface area contributed by atoms with E-state index in [9.17, 15) is 0 Å². The monoisotopic (exact) mass is 327 g/mol. The Morgan fingerprint density at radius 1 is 1.29 bits per heavy atom. The molecule has 1 saturated carbocycles. The molecule has 8 heteroatoms. The van der Waals surface area contributed by atoms with Crippen LogP contribution in [0.3, 0.4) is 0 Å². The van der Waals surface area contributed by atoms with E-state index in [1.54, 1.807) is 0 Å². The minimum absolute atomic E-state index is 0.293. The highest BCUT2D eigenvalue weighted by atomic mass is 16.5. The second-order valence-electron chi connectivity index (χ2n) is 6.55. The maximum absolute atomic E-state index is 5.25. The van der Waals surface area contributed by atoms with Gasteiger partial charge in [-0.25, -0.2) is 0 Å². The average molecular weight is 327 g/mol. The van der Waals surface area contributed by atoms with Gasteiger partial charge in [-0.3, -0.25) is 0 Å². The molecular weight excluding hydrogens is 306 g/mol. The van der Waals surface area contributed by atoms with Gasteiger partial charge in [-0.1, -0.05) is 19.0 Å². The fourth-order valence-corrected chi connectivity index (χ4v) is 2.56. The molecule has 0 amide bonds. The molecular formula is C16H21N7O. The van der Waals surface area contributed by atoms with Crippen molar-refractivity contribution in [1.29, 1.82) is 0 Å². The highest BCUT2D eigenvalue weighted by molar-refractivity contribution is 5.44. The lowest BCUT2D eigenvalue weighted by Gasteiger charge is -2.05. The Balaban J connectivity index is 1.33. The van der Waals surface area contributed by atoms with Gasteiger partial charge in [0, 0.05) is 24.8 Å².